The molecule has 0 aliphatic heterocycles. The number of methoxy groups -OCH3 is 2. The summed E-state index contributed by atoms with van der Waals surface area (Å²) in [5.41, 5.74) is 0.767. The van der Waals surface area contributed by atoms with Crippen molar-refractivity contribution in [3.63, 3.8) is 0 Å². The van der Waals surface area contributed by atoms with Crippen molar-refractivity contribution in [1.82, 2.24) is 0 Å². The lowest BCUT2D eigenvalue weighted by Gasteiger charge is -2.14. The van der Waals surface area contributed by atoms with Gasteiger partial charge in [-0.1, -0.05) is 17.7 Å². The van der Waals surface area contributed by atoms with Crippen molar-refractivity contribution < 1.29 is 14.6 Å². The Morgan fingerprint density at radius 1 is 1.38 bits per heavy atom. The molecule has 1 atom stereocenters. The van der Waals surface area contributed by atoms with Crippen molar-refractivity contribution in [2.75, 3.05) is 20.8 Å². The van der Waals surface area contributed by atoms with E-state index in [1.54, 1.807) is 32.4 Å². The Kier molecular flexibility index (Phi) is 5.60. The molecule has 4 heteroatoms. The fourth-order valence-corrected chi connectivity index (χ4v) is 1.70. The Hall–Kier alpha value is -0.770. The second kappa shape index (κ2) is 6.74. The second-order valence-corrected chi connectivity index (χ2v) is 3.97. The molecule has 16 heavy (non-hydrogen) atoms. The molecule has 0 heterocycles. The van der Waals surface area contributed by atoms with Gasteiger partial charge in [-0.2, -0.15) is 0 Å². The highest BCUT2D eigenvalue weighted by Gasteiger charge is 2.13. The zero-order valence-corrected chi connectivity index (χ0v) is 10.3. The van der Waals surface area contributed by atoms with Crippen LogP contribution in [0.25, 0.3) is 0 Å². The molecule has 1 unspecified atom stereocenters. The average Bonchev–Trinajstić information content (AvgIpc) is 2.29. The summed E-state index contributed by atoms with van der Waals surface area (Å²) in [6.07, 6.45) is 0.914. The van der Waals surface area contributed by atoms with E-state index in [1.807, 2.05) is 0 Å². The van der Waals surface area contributed by atoms with Crippen LogP contribution in [0.2, 0.25) is 5.02 Å². The molecule has 1 aromatic carbocycles. The Bertz CT molecular complexity index is 328. The summed E-state index contributed by atoms with van der Waals surface area (Å²) >= 11 is 5.85. The number of aliphatic hydroxyl groups excluding tert-OH is 1. The van der Waals surface area contributed by atoms with E-state index in [2.05, 4.69) is 0 Å². The van der Waals surface area contributed by atoms with Crippen molar-refractivity contribution in [1.29, 1.82) is 0 Å². The lowest BCUT2D eigenvalue weighted by molar-refractivity contribution is 0.134. The zero-order valence-electron chi connectivity index (χ0n) is 9.57. The molecule has 0 fully saturated rings. The maximum Gasteiger partial charge on any atom is 0.126 e. The summed E-state index contributed by atoms with van der Waals surface area (Å²) in [6, 6.07) is 5.24. The molecule has 0 spiro atoms. The van der Waals surface area contributed by atoms with Crippen molar-refractivity contribution in [2.24, 2.45) is 0 Å². The molecule has 0 radical (unpaired) electrons. The summed E-state index contributed by atoms with van der Waals surface area (Å²) in [4.78, 5) is 0. The minimum Gasteiger partial charge on any atom is -0.496 e. The first kappa shape index (κ1) is 13.3. The van der Waals surface area contributed by atoms with Crippen LogP contribution in [0, 0.1) is 0 Å². The molecule has 90 valence electrons. The minimum atomic E-state index is -0.539. The van der Waals surface area contributed by atoms with Crippen LogP contribution in [0.5, 0.6) is 5.75 Å². The highest BCUT2D eigenvalue weighted by Crippen LogP contribution is 2.30. The first-order valence-corrected chi connectivity index (χ1v) is 5.57. The summed E-state index contributed by atoms with van der Waals surface area (Å²) in [7, 11) is 3.21. The largest absolute Gasteiger partial charge is 0.496 e. The number of benzene rings is 1. The highest BCUT2D eigenvalue weighted by molar-refractivity contribution is 6.30. The fraction of sp³-hybridized carbons (Fsp3) is 0.500. The van der Waals surface area contributed by atoms with Crippen molar-refractivity contribution in [3.05, 3.63) is 28.8 Å². The van der Waals surface area contributed by atoms with Gasteiger partial charge >= 0.3 is 0 Å². The number of rotatable bonds is 6. The Balaban J connectivity index is 2.70. The maximum atomic E-state index is 9.97. The van der Waals surface area contributed by atoms with Gasteiger partial charge in [-0.15, -0.1) is 0 Å². The van der Waals surface area contributed by atoms with Crippen LogP contribution in [-0.2, 0) is 4.74 Å². The van der Waals surface area contributed by atoms with Crippen LogP contribution in [-0.4, -0.2) is 25.9 Å². The molecular weight excluding hydrogens is 228 g/mol. The lowest BCUT2D eigenvalue weighted by atomic mass is 10.0. The summed E-state index contributed by atoms with van der Waals surface area (Å²) in [5, 5.41) is 10.6. The van der Waals surface area contributed by atoms with E-state index in [0.29, 0.717) is 23.8 Å². The lowest BCUT2D eigenvalue weighted by Crippen LogP contribution is -2.02. The number of hydrogen-bond donors (Lipinski definition) is 1. The predicted octanol–water partition coefficient (Wildman–Crippen LogP) is 2.81. The molecule has 0 amide bonds. The van der Waals surface area contributed by atoms with E-state index in [0.717, 1.165) is 12.0 Å². The van der Waals surface area contributed by atoms with Crippen LogP contribution in [0.15, 0.2) is 18.2 Å². The van der Waals surface area contributed by atoms with Crippen LogP contribution in [0.1, 0.15) is 24.5 Å². The van der Waals surface area contributed by atoms with Gasteiger partial charge in [0.05, 0.1) is 13.2 Å². The van der Waals surface area contributed by atoms with E-state index in [4.69, 9.17) is 21.1 Å². The SMILES string of the molecule is COCCCC(O)c1ccc(Cl)cc1OC. The standard InChI is InChI=1S/C12H17ClO3/c1-15-7-3-4-11(14)10-6-5-9(13)8-12(10)16-2/h5-6,8,11,14H,3-4,7H2,1-2H3. The molecule has 1 aromatic rings. The van der Waals surface area contributed by atoms with Gasteiger partial charge in [0.25, 0.3) is 0 Å². The van der Waals surface area contributed by atoms with Gasteiger partial charge in [0, 0.05) is 24.3 Å². The maximum absolute atomic E-state index is 9.97. The monoisotopic (exact) mass is 244 g/mol. The van der Waals surface area contributed by atoms with Gasteiger partial charge in [0.1, 0.15) is 5.75 Å². The van der Waals surface area contributed by atoms with Gasteiger partial charge in [-0.25, -0.2) is 0 Å². The van der Waals surface area contributed by atoms with E-state index < -0.39 is 6.10 Å². The highest BCUT2D eigenvalue weighted by atomic mass is 35.5. The number of ether oxygens (including phenoxy) is 2. The number of hydrogen-bond acceptors (Lipinski definition) is 3. The van der Waals surface area contributed by atoms with Gasteiger partial charge in [-0.3, -0.25) is 0 Å². The first-order valence-electron chi connectivity index (χ1n) is 5.19. The van der Waals surface area contributed by atoms with Crippen molar-refractivity contribution in [2.45, 2.75) is 18.9 Å². The predicted molar refractivity (Wildman–Crippen MR) is 64.1 cm³/mol. The Morgan fingerprint density at radius 3 is 2.75 bits per heavy atom. The van der Waals surface area contributed by atoms with Gasteiger partial charge in [-0.05, 0) is 25.0 Å². The van der Waals surface area contributed by atoms with Crippen LogP contribution < -0.4 is 4.74 Å². The fourth-order valence-electron chi connectivity index (χ4n) is 1.54. The third kappa shape index (κ3) is 3.67. The molecule has 0 aliphatic carbocycles. The Morgan fingerprint density at radius 2 is 2.12 bits per heavy atom. The topological polar surface area (TPSA) is 38.7 Å². The first-order chi connectivity index (χ1) is 7.69. The quantitative estimate of drug-likeness (QED) is 0.782. The van der Waals surface area contributed by atoms with Crippen molar-refractivity contribution in [3.8, 4) is 5.75 Å². The second-order valence-electron chi connectivity index (χ2n) is 3.54. The zero-order chi connectivity index (χ0) is 12.0. The van der Waals surface area contributed by atoms with Crippen LogP contribution >= 0.6 is 11.6 Å². The molecule has 0 bridgehead atoms. The van der Waals surface area contributed by atoms with E-state index in [1.165, 1.54) is 0 Å². The average molecular weight is 245 g/mol. The van der Waals surface area contributed by atoms with Gasteiger partial charge in [0.2, 0.25) is 0 Å². The van der Waals surface area contributed by atoms with E-state index in [-0.39, 0.29) is 0 Å². The molecule has 0 saturated carbocycles. The summed E-state index contributed by atoms with van der Waals surface area (Å²) in [6.45, 7) is 0.646. The van der Waals surface area contributed by atoms with Gasteiger partial charge < -0.3 is 14.6 Å². The smallest absolute Gasteiger partial charge is 0.126 e. The van der Waals surface area contributed by atoms with E-state index >= 15 is 0 Å². The molecule has 3 nitrogen and oxygen atoms in total. The summed E-state index contributed by atoms with van der Waals surface area (Å²) in [5.74, 6) is 0.623. The van der Waals surface area contributed by atoms with Crippen LogP contribution in [0.3, 0.4) is 0 Å². The normalized spacial score (nSPS) is 12.5. The van der Waals surface area contributed by atoms with Gasteiger partial charge in [0.15, 0.2) is 0 Å². The molecule has 0 aliphatic rings. The van der Waals surface area contributed by atoms with Crippen LogP contribution in [0.4, 0.5) is 0 Å². The third-order valence-electron chi connectivity index (χ3n) is 2.38. The molecule has 0 aromatic heterocycles. The molecule has 0 saturated heterocycles. The molecular formula is C12H17ClO3. The molecule has 1 N–H and O–H groups in total. The number of halogens is 1. The number of aliphatic hydroxyl groups is 1. The Labute approximate surface area is 101 Å². The third-order valence-corrected chi connectivity index (χ3v) is 2.62. The van der Waals surface area contributed by atoms with E-state index in [9.17, 15) is 5.11 Å². The minimum absolute atomic E-state index is 0.539. The van der Waals surface area contributed by atoms with Crippen molar-refractivity contribution >= 4 is 11.6 Å². The molecule has 1 rings (SSSR count). The summed E-state index contributed by atoms with van der Waals surface area (Å²) < 4.78 is 10.1.